The molecule has 1 aromatic carbocycles. The molecule has 0 saturated heterocycles. The van der Waals surface area contributed by atoms with Crippen molar-refractivity contribution in [1.29, 1.82) is 0 Å². The summed E-state index contributed by atoms with van der Waals surface area (Å²) >= 11 is 0. The molecule has 2 rings (SSSR count). The minimum atomic E-state index is 0.327. The minimum Gasteiger partial charge on any atom is -0.294 e. The Labute approximate surface area is 97.9 Å². The summed E-state index contributed by atoms with van der Waals surface area (Å²) in [7, 11) is 0. The molecule has 86 valence electrons. The zero-order valence-electron chi connectivity index (χ0n) is 10.3. The highest BCUT2D eigenvalue weighted by molar-refractivity contribution is 5.97. The molecular weight excluding hydrogens is 196 g/mol. The van der Waals surface area contributed by atoms with E-state index in [9.17, 15) is 4.79 Å². The first-order chi connectivity index (χ1) is 7.72. The lowest BCUT2D eigenvalue weighted by Crippen LogP contribution is -2.15. The van der Waals surface area contributed by atoms with Crippen LogP contribution in [0.2, 0.25) is 0 Å². The number of rotatable bonds is 3. The van der Waals surface area contributed by atoms with Gasteiger partial charge >= 0.3 is 0 Å². The molecule has 0 spiro atoms. The van der Waals surface area contributed by atoms with Crippen LogP contribution in [0.3, 0.4) is 0 Å². The first kappa shape index (κ1) is 11.4. The molecule has 0 radical (unpaired) electrons. The van der Waals surface area contributed by atoms with Crippen LogP contribution in [0, 0.1) is 5.92 Å². The largest absolute Gasteiger partial charge is 0.294 e. The SMILES string of the molecule is CCCC(=O)c1cccc2c1CC(C)CC2. The lowest BCUT2D eigenvalue weighted by atomic mass is 9.81. The summed E-state index contributed by atoms with van der Waals surface area (Å²) in [6.07, 6.45) is 5.12. The van der Waals surface area contributed by atoms with Crippen molar-refractivity contribution in [2.24, 2.45) is 5.92 Å². The van der Waals surface area contributed by atoms with Crippen LogP contribution in [0.4, 0.5) is 0 Å². The predicted octanol–water partition coefficient (Wildman–Crippen LogP) is 3.79. The number of aryl methyl sites for hydroxylation is 1. The van der Waals surface area contributed by atoms with E-state index in [-0.39, 0.29) is 0 Å². The highest BCUT2D eigenvalue weighted by Crippen LogP contribution is 2.28. The van der Waals surface area contributed by atoms with Crippen molar-refractivity contribution < 1.29 is 4.79 Å². The van der Waals surface area contributed by atoms with Gasteiger partial charge in [-0.1, -0.05) is 32.0 Å². The van der Waals surface area contributed by atoms with E-state index in [1.54, 1.807) is 0 Å². The Morgan fingerprint density at radius 2 is 2.25 bits per heavy atom. The third kappa shape index (κ3) is 2.18. The maximum absolute atomic E-state index is 12.0. The van der Waals surface area contributed by atoms with Gasteiger partial charge in [0.25, 0.3) is 0 Å². The molecule has 0 aliphatic heterocycles. The fraction of sp³-hybridized carbons (Fsp3) is 0.533. The van der Waals surface area contributed by atoms with Gasteiger partial charge in [-0.25, -0.2) is 0 Å². The molecule has 1 unspecified atom stereocenters. The Balaban J connectivity index is 2.35. The Morgan fingerprint density at radius 3 is 3.00 bits per heavy atom. The van der Waals surface area contributed by atoms with Gasteiger partial charge in [-0.15, -0.1) is 0 Å². The third-order valence-corrected chi connectivity index (χ3v) is 3.51. The van der Waals surface area contributed by atoms with E-state index in [0.29, 0.717) is 12.2 Å². The molecule has 1 nitrogen and oxygen atoms in total. The molecule has 1 aliphatic carbocycles. The average molecular weight is 216 g/mol. The van der Waals surface area contributed by atoms with Crippen LogP contribution in [-0.4, -0.2) is 5.78 Å². The number of ketones is 1. The number of carbonyl (C=O) groups excluding carboxylic acids is 1. The molecule has 0 N–H and O–H groups in total. The van der Waals surface area contributed by atoms with Crippen LogP contribution in [0.1, 0.15) is 54.6 Å². The van der Waals surface area contributed by atoms with Gasteiger partial charge in [0, 0.05) is 12.0 Å². The summed E-state index contributed by atoms with van der Waals surface area (Å²) < 4.78 is 0. The lowest BCUT2D eigenvalue weighted by molar-refractivity contribution is 0.0980. The Morgan fingerprint density at radius 1 is 1.44 bits per heavy atom. The first-order valence-electron chi connectivity index (χ1n) is 6.36. The fourth-order valence-corrected chi connectivity index (χ4v) is 2.59. The number of fused-ring (bicyclic) bond motifs is 1. The van der Waals surface area contributed by atoms with Gasteiger partial charge in [-0.3, -0.25) is 4.79 Å². The van der Waals surface area contributed by atoms with Gasteiger partial charge in [0.15, 0.2) is 5.78 Å². The monoisotopic (exact) mass is 216 g/mol. The Hall–Kier alpha value is -1.11. The van der Waals surface area contributed by atoms with Crippen LogP contribution in [0.15, 0.2) is 18.2 Å². The standard InChI is InChI=1S/C15H20O/c1-3-5-15(16)13-7-4-6-12-9-8-11(2)10-14(12)13/h4,6-7,11H,3,5,8-10H2,1-2H3. The second kappa shape index (κ2) is 4.82. The molecule has 0 bridgehead atoms. The number of hydrogen-bond acceptors (Lipinski definition) is 1. The lowest BCUT2D eigenvalue weighted by Gasteiger charge is -2.23. The van der Waals surface area contributed by atoms with E-state index < -0.39 is 0 Å². The maximum atomic E-state index is 12.0. The van der Waals surface area contributed by atoms with E-state index in [2.05, 4.69) is 19.9 Å². The second-order valence-corrected chi connectivity index (χ2v) is 4.96. The highest BCUT2D eigenvalue weighted by atomic mass is 16.1. The van der Waals surface area contributed by atoms with Crippen LogP contribution in [-0.2, 0) is 12.8 Å². The predicted molar refractivity (Wildman–Crippen MR) is 66.9 cm³/mol. The van der Waals surface area contributed by atoms with Crippen LogP contribution in [0.5, 0.6) is 0 Å². The molecule has 1 aliphatic rings. The summed E-state index contributed by atoms with van der Waals surface area (Å²) in [6.45, 7) is 4.35. The Kier molecular flexibility index (Phi) is 3.42. The second-order valence-electron chi connectivity index (χ2n) is 4.96. The van der Waals surface area contributed by atoms with Crippen LogP contribution < -0.4 is 0 Å². The van der Waals surface area contributed by atoms with Gasteiger partial charge in [0.2, 0.25) is 0 Å². The smallest absolute Gasteiger partial charge is 0.163 e. The topological polar surface area (TPSA) is 17.1 Å². The average Bonchev–Trinajstić information content (AvgIpc) is 2.28. The molecule has 1 heteroatoms. The first-order valence-corrected chi connectivity index (χ1v) is 6.36. The quantitative estimate of drug-likeness (QED) is 0.702. The zero-order chi connectivity index (χ0) is 11.5. The van der Waals surface area contributed by atoms with Crippen molar-refractivity contribution in [2.45, 2.75) is 46.0 Å². The highest BCUT2D eigenvalue weighted by Gasteiger charge is 2.20. The van der Waals surface area contributed by atoms with E-state index in [1.165, 1.54) is 17.5 Å². The number of hydrogen-bond donors (Lipinski definition) is 0. The van der Waals surface area contributed by atoms with Crippen molar-refractivity contribution in [2.75, 3.05) is 0 Å². The van der Waals surface area contributed by atoms with Crippen molar-refractivity contribution in [3.63, 3.8) is 0 Å². The summed E-state index contributed by atoms with van der Waals surface area (Å²) in [6, 6.07) is 6.23. The van der Waals surface area contributed by atoms with E-state index in [1.807, 2.05) is 12.1 Å². The zero-order valence-corrected chi connectivity index (χ0v) is 10.3. The molecule has 1 atom stereocenters. The van der Waals surface area contributed by atoms with E-state index in [4.69, 9.17) is 0 Å². The van der Waals surface area contributed by atoms with E-state index >= 15 is 0 Å². The van der Waals surface area contributed by atoms with Crippen LogP contribution >= 0.6 is 0 Å². The molecule has 0 heterocycles. The van der Waals surface area contributed by atoms with Gasteiger partial charge in [-0.05, 0) is 42.7 Å². The van der Waals surface area contributed by atoms with Gasteiger partial charge in [0.1, 0.15) is 0 Å². The summed E-state index contributed by atoms with van der Waals surface area (Å²) in [4.78, 5) is 12.0. The fourth-order valence-electron chi connectivity index (χ4n) is 2.59. The molecule has 0 saturated carbocycles. The summed E-state index contributed by atoms with van der Waals surface area (Å²) in [5.74, 6) is 1.05. The number of carbonyl (C=O) groups is 1. The van der Waals surface area contributed by atoms with Gasteiger partial charge < -0.3 is 0 Å². The number of benzene rings is 1. The molecule has 0 fully saturated rings. The summed E-state index contributed by atoms with van der Waals surface area (Å²) in [5, 5.41) is 0. The Bertz CT molecular complexity index is 392. The maximum Gasteiger partial charge on any atom is 0.163 e. The number of Topliss-reactive ketones (excluding diaryl/α,β-unsaturated/α-hetero) is 1. The normalized spacial score (nSPS) is 19.2. The van der Waals surface area contributed by atoms with Gasteiger partial charge in [0.05, 0.1) is 0 Å². The molecule has 1 aromatic rings. The van der Waals surface area contributed by atoms with Crippen molar-refractivity contribution in [3.8, 4) is 0 Å². The van der Waals surface area contributed by atoms with Gasteiger partial charge in [-0.2, -0.15) is 0 Å². The third-order valence-electron chi connectivity index (χ3n) is 3.51. The molecule has 16 heavy (non-hydrogen) atoms. The van der Waals surface area contributed by atoms with Crippen molar-refractivity contribution >= 4 is 5.78 Å². The summed E-state index contributed by atoms with van der Waals surface area (Å²) in [5.41, 5.74) is 3.73. The van der Waals surface area contributed by atoms with Crippen LogP contribution in [0.25, 0.3) is 0 Å². The molecule has 0 amide bonds. The van der Waals surface area contributed by atoms with Crippen molar-refractivity contribution in [3.05, 3.63) is 34.9 Å². The molecular formula is C15H20O. The molecule has 0 aromatic heterocycles. The van der Waals surface area contributed by atoms with E-state index in [0.717, 1.165) is 30.7 Å². The minimum absolute atomic E-state index is 0.327. The van der Waals surface area contributed by atoms with Crippen molar-refractivity contribution in [1.82, 2.24) is 0 Å².